The van der Waals surface area contributed by atoms with Crippen molar-refractivity contribution in [3.63, 3.8) is 0 Å². The minimum absolute atomic E-state index is 0.0578. The fourth-order valence-corrected chi connectivity index (χ4v) is 1.97. The summed E-state index contributed by atoms with van der Waals surface area (Å²) in [5.74, 6) is 0.560. The lowest BCUT2D eigenvalue weighted by atomic mass is 10.2. The molecule has 0 radical (unpaired) electrons. The number of nitrogens with zero attached hydrogens (tertiary/aromatic N) is 2. The molecule has 1 aromatic carbocycles. The van der Waals surface area contributed by atoms with Crippen molar-refractivity contribution in [2.24, 2.45) is 0 Å². The molecule has 9 heteroatoms. The normalized spacial score (nSPS) is 11.6. The third-order valence-electron chi connectivity index (χ3n) is 2.86. The number of nitrogens with two attached hydrogens (primary N) is 1. The zero-order chi connectivity index (χ0) is 17.2. The van der Waals surface area contributed by atoms with Gasteiger partial charge in [0.1, 0.15) is 12.0 Å². The predicted molar refractivity (Wildman–Crippen MR) is 84.9 cm³/mol. The summed E-state index contributed by atoms with van der Waals surface area (Å²) in [4.78, 5) is 7.95. The smallest absolute Gasteiger partial charge is 0.393 e. The van der Waals surface area contributed by atoms with E-state index in [0.717, 1.165) is 18.2 Å². The van der Waals surface area contributed by atoms with Crippen LogP contribution in [0.25, 0.3) is 0 Å². The Morgan fingerprint density at radius 2 is 1.83 bits per heavy atom. The maximum Gasteiger partial charge on any atom is 0.416 e. The van der Waals surface area contributed by atoms with Crippen molar-refractivity contribution in [2.45, 2.75) is 26.1 Å². The van der Waals surface area contributed by atoms with Crippen LogP contribution in [0.2, 0.25) is 5.02 Å². The predicted octanol–water partition coefficient (Wildman–Crippen LogP) is 4.29. The molecular weight excluding hydrogens is 331 g/mol. The Hall–Kier alpha value is -2.22. The highest BCUT2D eigenvalue weighted by molar-refractivity contribution is 6.33. The molecule has 0 spiro atoms. The molecule has 124 valence electrons. The molecule has 0 aliphatic carbocycles. The van der Waals surface area contributed by atoms with Gasteiger partial charge in [-0.1, -0.05) is 11.6 Å². The van der Waals surface area contributed by atoms with Crippen LogP contribution in [0.3, 0.4) is 0 Å². The third-order valence-corrected chi connectivity index (χ3v) is 3.19. The minimum atomic E-state index is -4.47. The van der Waals surface area contributed by atoms with Crippen LogP contribution in [-0.2, 0) is 6.18 Å². The molecule has 0 aliphatic heterocycles. The van der Waals surface area contributed by atoms with Crippen molar-refractivity contribution in [3.8, 4) is 0 Å². The van der Waals surface area contributed by atoms with Gasteiger partial charge in [-0.15, -0.1) is 0 Å². The molecule has 23 heavy (non-hydrogen) atoms. The van der Waals surface area contributed by atoms with Crippen molar-refractivity contribution in [1.29, 1.82) is 0 Å². The molecule has 2 aromatic rings. The standard InChI is InChI=1S/C14H15ClF3N5/c1-7(2)22-12-11(19)13(21-6-20-12)23-10-5-8(14(16,17)18)3-4-9(10)15/h3-7H,19H2,1-2H3,(H2,20,21,22,23). The number of alkyl halides is 3. The topological polar surface area (TPSA) is 75.9 Å². The Labute approximate surface area is 136 Å². The van der Waals surface area contributed by atoms with Crippen molar-refractivity contribution < 1.29 is 13.2 Å². The summed E-state index contributed by atoms with van der Waals surface area (Å²) in [6, 6.07) is 3.05. The molecule has 0 atom stereocenters. The van der Waals surface area contributed by atoms with Gasteiger partial charge in [-0.25, -0.2) is 9.97 Å². The zero-order valence-electron chi connectivity index (χ0n) is 12.4. The van der Waals surface area contributed by atoms with E-state index in [4.69, 9.17) is 17.3 Å². The van der Waals surface area contributed by atoms with E-state index in [-0.39, 0.29) is 28.3 Å². The second kappa shape index (κ2) is 6.49. The molecule has 0 amide bonds. The second-order valence-corrected chi connectivity index (χ2v) is 5.51. The van der Waals surface area contributed by atoms with Gasteiger partial charge in [0.15, 0.2) is 11.6 Å². The van der Waals surface area contributed by atoms with Crippen molar-refractivity contribution in [3.05, 3.63) is 35.1 Å². The zero-order valence-corrected chi connectivity index (χ0v) is 13.1. The number of anilines is 4. The quantitative estimate of drug-likeness (QED) is 0.770. The highest BCUT2D eigenvalue weighted by atomic mass is 35.5. The van der Waals surface area contributed by atoms with E-state index in [9.17, 15) is 13.2 Å². The molecule has 1 aromatic heterocycles. The van der Waals surface area contributed by atoms with Gasteiger partial charge < -0.3 is 16.4 Å². The Kier molecular flexibility index (Phi) is 4.84. The fraction of sp³-hybridized carbons (Fsp3) is 0.286. The van der Waals surface area contributed by atoms with Crippen LogP contribution in [0.4, 0.5) is 36.2 Å². The highest BCUT2D eigenvalue weighted by Crippen LogP contribution is 2.36. The Bertz CT molecular complexity index is 703. The van der Waals surface area contributed by atoms with E-state index in [0.29, 0.717) is 5.82 Å². The van der Waals surface area contributed by atoms with Gasteiger partial charge in [-0.05, 0) is 32.0 Å². The molecule has 0 saturated carbocycles. The first-order valence-corrected chi connectivity index (χ1v) is 7.07. The lowest BCUT2D eigenvalue weighted by Crippen LogP contribution is -2.14. The van der Waals surface area contributed by atoms with Gasteiger partial charge in [0.2, 0.25) is 0 Å². The monoisotopic (exact) mass is 345 g/mol. The molecule has 0 bridgehead atoms. The van der Waals surface area contributed by atoms with E-state index >= 15 is 0 Å². The van der Waals surface area contributed by atoms with E-state index in [1.54, 1.807) is 0 Å². The van der Waals surface area contributed by atoms with Crippen LogP contribution >= 0.6 is 11.6 Å². The summed E-state index contributed by atoms with van der Waals surface area (Å²) < 4.78 is 38.4. The number of halogens is 4. The van der Waals surface area contributed by atoms with Crippen LogP contribution in [-0.4, -0.2) is 16.0 Å². The van der Waals surface area contributed by atoms with Crippen LogP contribution in [0.5, 0.6) is 0 Å². The average molecular weight is 346 g/mol. The third kappa shape index (κ3) is 4.16. The Balaban J connectivity index is 2.36. The van der Waals surface area contributed by atoms with E-state index in [1.165, 1.54) is 6.33 Å². The second-order valence-electron chi connectivity index (χ2n) is 5.10. The number of nitrogen functional groups attached to an aromatic ring is 1. The Morgan fingerprint density at radius 3 is 2.43 bits per heavy atom. The van der Waals surface area contributed by atoms with Crippen molar-refractivity contribution >= 4 is 34.6 Å². The van der Waals surface area contributed by atoms with Crippen LogP contribution in [0.1, 0.15) is 19.4 Å². The maximum absolute atomic E-state index is 12.8. The van der Waals surface area contributed by atoms with Crippen LogP contribution in [0.15, 0.2) is 24.5 Å². The molecule has 1 heterocycles. The van der Waals surface area contributed by atoms with E-state index < -0.39 is 11.7 Å². The summed E-state index contributed by atoms with van der Waals surface area (Å²) in [5, 5.41) is 5.86. The first-order chi connectivity index (χ1) is 10.7. The number of nitrogens with one attached hydrogen (secondary N) is 2. The molecule has 0 fully saturated rings. The average Bonchev–Trinajstić information content (AvgIpc) is 2.43. The lowest BCUT2D eigenvalue weighted by molar-refractivity contribution is -0.137. The molecule has 0 saturated heterocycles. The largest absolute Gasteiger partial charge is 0.416 e. The first kappa shape index (κ1) is 17.1. The minimum Gasteiger partial charge on any atom is -0.393 e. The van der Waals surface area contributed by atoms with E-state index in [1.807, 2.05) is 13.8 Å². The number of benzene rings is 1. The summed E-state index contributed by atoms with van der Waals surface area (Å²) in [6.45, 7) is 3.80. The summed E-state index contributed by atoms with van der Waals surface area (Å²) in [6.07, 6.45) is -3.21. The van der Waals surface area contributed by atoms with Gasteiger partial charge in [-0.3, -0.25) is 0 Å². The maximum atomic E-state index is 12.8. The molecule has 5 nitrogen and oxygen atoms in total. The van der Waals surface area contributed by atoms with Crippen molar-refractivity contribution in [1.82, 2.24) is 9.97 Å². The fourth-order valence-electron chi connectivity index (χ4n) is 1.81. The molecule has 0 unspecified atom stereocenters. The van der Waals surface area contributed by atoms with Gasteiger partial charge in [0.05, 0.1) is 16.3 Å². The highest BCUT2D eigenvalue weighted by Gasteiger charge is 2.31. The van der Waals surface area contributed by atoms with Gasteiger partial charge >= 0.3 is 6.18 Å². The lowest BCUT2D eigenvalue weighted by Gasteiger charge is -2.16. The number of aromatic nitrogens is 2. The Morgan fingerprint density at radius 1 is 1.17 bits per heavy atom. The molecular formula is C14H15ClF3N5. The summed E-state index contributed by atoms with van der Waals surface area (Å²) >= 11 is 5.94. The number of hydrogen-bond acceptors (Lipinski definition) is 5. The van der Waals surface area contributed by atoms with Crippen LogP contribution < -0.4 is 16.4 Å². The van der Waals surface area contributed by atoms with Gasteiger partial charge in [-0.2, -0.15) is 13.2 Å². The number of rotatable bonds is 4. The van der Waals surface area contributed by atoms with Gasteiger partial charge in [0, 0.05) is 6.04 Å². The van der Waals surface area contributed by atoms with E-state index in [2.05, 4.69) is 20.6 Å². The SMILES string of the molecule is CC(C)Nc1ncnc(Nc2cc(C(F)(F)F)ccc2Cl)c1N. The van der Waals surface area contributed by atoms with Crippen LogP contribution in [0, 0.1) is 0 Å². The molecule has 0 aliphatic rings. The van der Waals surface area contributed by atoms with Crippen molar-refractivity contribution in [2.75, 3.05) is 16.4 Å². The number of hydrogen-bond donors (Lipinski definition) is 3. The summed E-state index contributed by atoms with van der Waals surface area (Å²) in [5.41, 5.74) is 5.36. The molecule has 2 rings (SSSR count). The van der Waals surface area contributed by atoms with Gasteiger partial charge in [0.25, 0.3) is 0 Å². The molecule has 4 N–H and O–H groups in total. The summed E-state index contributed by atoms with van der Waals surface area (Å²) in [7, 11) is 0. The first-order valence-electron chi connectivity index (χ1n) is 6.69.